The topological polar surface area (TPSA) is 34.1 Å². The first-order chi connectivity index (χ1) is 8.61. The van der Waals surface area contributed by atoms with Gasteiger partial charge in [-0.1, -0.05) is 38.5 Å². The summed E-state index contributed by atoms with van der Waals surface area (Å²) in [6.45, 7) is 0. The predicted octanol–water partition coefficient (Wildman–Crippen LogP) is 4.79. The second-order valence-corrected chi connectivity index (χ2v) is 4.93. The maximum atomic E-state index is 10.6. The SMILES string of the molecule is C1CCCCC1.O=C(Cl)c1ccc(C(=O)Cl)cc1. The van der Waals surface area contributed by atoms with Gasteiger partial charge in [-0.15, -0.1) is 0 Å². The van der Waals surface area contributed by atoms with Crippen molar-refractivity contribution >= 4 is 33.7 Å². The minimum atomic E-state index is -0.552. The normalized spacial score (nSPS) is 14.3. The lowest BCUT2D eigenvalue weighted by Gasteiger charge is -2.05. The number of hydrogen-bond donors (Lipinski definition) is 0. The third kappa shape index (κ3) is 5.65. The summed E-state index contributed by atoms with van der Waals surface area (Å²) in [4.78, 5) is 21.1. The third-order valence-corrected chi connectivity index (χ3v) is 3.28. The molecule has 0 heterocycles. The molecule has 0 aliphatic heterocycles. The molecule has 0 atom stereocenters. The van der Waals surface area contributed by atoms with Gasteiger partial charge in [0.05, 0.1) is 0 Å². The minimum absolute atomic E-state index is 0.346. The van der Waals surface area contributed by atoms with Crippen molar-refractivity contribution in [2.45, 2.75) is 38.5 Å². The van der Waals surface area contributed by atoms with Crippen molar-refractivity contribution in [2.24, 2.45) is 0 Å². The van der Waals surface area contributed by atoms with E-state index in [0.717, 1.165) is 0 Å². The Kier molecular flexibility index (Phi) is 6.99. The monoisotopic (exact) mass is 286 g/mol. The van der Waals surface area contributed by atoms with Crippen molar-refractivity contribution in [3.63, 3.8) is 0 Å². The summed E-state index contributed by atoms with van der Waals surface area (Å²) in [6.07, 6.45) is 9.00. The highest BCUT2D eigenvalue weighted by molar-refractivity contribution is 6.68. The van der Waals surface area contributed by atoms with Gasteiger partial charge in [-0.3, -0.25) is 9.59 Å². The summed E-state index contributed by atoms with van der Waals surface area (Å²) in [5.41, 5.74) is 0.691. The fourth-order valence-electron chi connectivity index (χ4n) is 1.79. The first-order valence-corrected chi connectivity index (χ1v) is 6.86. The zero-order valence-electron chi connectivity index (χ0n) is 10.1. The first kappa shape index (κ1) is 15.2. The van der Waals surface area contributed by atoms with E-state index in [1.54, 1.807) is 0 Å². The van der Waals surface area contributed by atoms with Crippen molar-refractivity contribution in [3.8, 4) is 0 Å². The average molecular weight is 287 g/mol. The van der Waals surface area contributed by atoms with E-state index in [0.29, 0.717) is 11.1 Å². The summed E-state index contributed by atoms with van der Waals surface area (Å²) < 4.78 is 0. The van der Waals surface area contributed by atoms with E-state index in [-0.39, 0.29) is 0 Å². The molecular weight excluding hydrogens is 271 g/mol. The molecule has 0 N–H and O–H groups in total. The molecular formula is C14H16Cl2O2. The highest BCUT2D eigenvalue weighted by Gasteiger charge is 2.03. The highest BCUT2D eigenvalue weighted by Crippen LogP contribution is 2.15. The van der Waals surface area contributed by atoms with Crippen LogP contribution in [0.2, 0.25) is 0 Å². The quantitative estimate of drug-likeness (QED) is 0.733. The highest BCUT2D eigenvalue weighted by atomic mass is 35.5. The molecule has 18 heavy (non-hydrogen) atoms. The molecule has 1 aliphatic carbocycles. The van der Waals surface area contributed by atoms with Crippen molar-refractivity contribution in [3.05, 3.63) is 35.4 Å². The predicted molar refractivity (Wildman–Crippen MR) is 74.5 cm³/mol. The van der Waals surface area contributed by atoms with Gasteiger partial charge >= 0.3 is 0 Å². The van der Waals surface area contributed by atoms with Crippen LogP contribution in [0.25, 0.3) is 0 Å². The lowest BCUT2D eigenvalue weighted by atomic mass is 10.0. The van der Waals surface area contributed by atoms with Gasteiger partial charge in [0.25, 0.3) is 10.5 Å². The maximum absolute atomic E-state index is 10.6. The minimum Gasteiger partial charge on any atom is -0.276 e. The number of carbonyl (C=O) groups excluding carboxylic acids is 2. The smallest absolute Gasteiger partial charge is 0.252 e. The lowest BCUT2D eigenvalue weighted by Crippen LogP contribution is -1.92. The van der Waals surface area contributed by atoms with E-state index >= 15 is 0 Å². The van der Waals surface area contributed by atoms with Crippen LogP contribution in [-0.4, -0.2) is 10.5 Å². The second-order valence-electron chi connectivity index (χ2n) is 4.25. The number of halogens is 2. The van der Waals surface area contributed by atoms with Gasteiger partial charge in [0, 0.05) is 11.1 Å². The fourth-order valence-corrected chi connectivity index (χ4v) is 2.04. The van der Waals surface area contributed by atoms with E-state index in [4.69, 9.17) is 23.2 Å². The molecule has 0 bridgehead atoms. The Morgan fingerprint density at radius 3 is 1.06 bits per heavy atom. The van der Waals surface area contributed by atoms with Gasteiger partial charge in [0.15, 0.2) is 0 Å². The zero-order chi connectivity index (χ0) is 13.4. The standard InChI is InChI=1S/C8H4Cl2O2.C6H12/c9-7(11)5-1-2-6(4-3-5)8(10)12;1-2-4-6-5-3-1/h1-4H;1-6H2. The molecule has 1 fully saturated rings. The summed E-state index contributed by atoms with van der Waals surface area (Å²) in [5.74, 6) is 0. The van der Waals surface area contributed by atoms with E-state index in [1.165, 1.54) is 62.8 Å². The van der Waals surface area contributed by atoms with Crippen LogP contribution in [0.1, 0.15) is 59.2 Å². The van der Waals surface area contributed by atoms with Crippen LogP contribution in [0, 0.1) is 0 Å². The molecule has 0 unspecified atom stereocenters. The van der Waals surface area contributed by atoms with Gasteiger partial charge in [0.1, 0.15) is 0 Å². The largest absolute Gasteiger partial charge is 0.276 e. The molecule has 1 saturated carbocycles. The fraction of sp³-hybridized carbons (Fsp3) is 0.429. The Morgan fingerprint density at radius 1 is 0.667 bits per heavy atom. The molecule has 0 amide bonds. The summed E-state index contributed by atoms with van der Waals surface area (Å²) in [7, 11) is 0. The van der Waals surface area contributed by atoms with Gasteiger partial charge < -0.3 is 0 Å². The first-order valence-electron chi connectivity index (χ1n) is 6.11. The van der Waals surface area contributed by atoms with Crippen molar-refractivity contribution in [1.82, 2.24) is 0 Å². The lowest BCUT2D eigenvalue weighted by molar-refractivity contribution is 0.107. The number of hydrogen-bond acceptors (Lipinski definition) is 2. The van der Waals surface area contributed by atoms with E-state index < -0.39 is 10.5 Å². The third-order valence-electron chi connectivity index (χ3n) is 2.84. The van der Waals surface area contributed by atoms with Crippen LogP contribution < -0.4 is 0 Å². The number of carbonyl (C=O) groups is 2. The Balaban J connectivity index is 0.000000225. The van der Waals surface area contributed by atoms with Gasteiger partial charge in [-0.2, -0.15) is 0 Å². The Morgan fingerprint density at radius 2 is 0.889 bits per heavy atom. The Bertz CT molecular complexity index is 350. The van der Waals surface area contributed by atoms with Crippen molar-refractivity contribution in [1.29, 1.82) is 0 Å². The summed E-state index contributed by atoms with van der Waals surface area (Å²) in [5, 5.41) is -1.10. The van der Waals surface area contributed by atoms with Crippen LogP contribution >= 0.6 is 23.2 Å². The van der Waals surface area contributed by atoms with Crippen LogP contribution in [0.15, 0.2) is 24.3 Å². The summed E-state index contributed by atoms with van der Waals surface area (Å²) >= 11 is 10.4. The number of rotatable bonds is 2. The van der Waals surface area contributed by atoms with Crippen LogP contribution in [0.5, 0.6) is 0 Å². The average Bonchev–Trinajstić information content (AvgIpc) is 2.41. The molecule has 0 spiro atoms. The second kappa shape index (κ2) is 8.28. The molecule has 1 aliphatic rings. The van der Waals surface area contributed by atoms with E-state index in [9.17, 15) is 9.59 Å². The molecule has 4 heteroatoms. The molecule has 0 aromatic heterocycles. The molecule has 1 aromatic carbocycles. The molecule has 0 saturated heterocycles. The maximum Gasteiger partial charge on any atom is 0.252 e. The zero-order valence-corrected chi connectivity index (χ0v) is 11.6. The van der Waals surface area contributed by atoms with Crippen LogP contribution in [0.3, 0.4) is 0 Å². The van der Waals surface area contributed by atoms with Gasteiger partial charge in [0.2, 0.25) is 0 Å². The molecule has 1 aromatic rings. The van der Waals surface area contributed by atoms with E-state index in [2.05, 4.69) is 0 Å². The van der Waals surface area contributed by atoms with Crippen LogP contribution in [0.4, 0.5) is 0 Å². The van der Waals surface area contributed by atoms with Gasteiger partial charge in [-0.05, 0) is 47.5 Å². The van der Waals surface area contributed by atoms with Crippen molar-refractivity contribution in [2.75, 3.05) is 0 Å². The molecule has 2 nitrogen and oxygen atoms in total. The Hall–Kier alpha value is -0.860. The molecule has 98 valence electrons. The summed E-state index contributed by atoms with van der Waals surface area (Å²) in [6, 6.07) is 5.80. The Labute approximate surface area is 117 Å². The van der Waals surface area contributed by atoms with Crippen molar-refractivity contribution < 1.29 is 9.59 Å². The van der Waals surface area contributed by atoms with Gasteiger partial charge in [-0.25, -0.2) is 0 Å². The molecule has 2 rings (SSSR count). The number of benzene rings is 1. The van der Waals surface area contributed by atoms with E-state index in [1.807, 2.05) is 0 Å². The molecule has 0 radical (unpaired) electrons. The van der Waals surface area contributed by atoms with Crippen LogP contribution in [-0.2, 0) is 0 Å².